The van der Waals surface area contributed by atoms with Crippen molar-refractivity contribution in [3.05, 3.63) is 71.7 Å². The van der Waals surface area contributed by atoms with Crippen LogP contribution in [0.4, 0.5) is 13.2 Å². The minimum absolute atomic E-state index is 0.0158. The van der Waals surface area contributed by atoms with Crippen molar-refractivity contribution in [2.75, 3.05) is 0 Å². The monoisotopic (exact) mass is 412 g/mol. The molecule has 0 fully saturated rings. The van der Waals surface area contributed by atoms with Crippen LogP contribution in [0.3, 0.4) is 0 Å². The number of hydrogen-bond donors (Lipinski definition) is 1. The van der Waals surface area contributed by atoms with Crippen molar-refractivity contribution in [1.29, 1.82) is 0 Å². The van der Waals surface area contributed by atoms with Crippen LogP contribution in [0.1, 0.15) is 40.9 Å². The second-order valence-corrected chi connectivity index (χ2v) is 7.24. The number of rotatable bonds is 4. The molecule has 0 saturated heterocycles. The van der Waals surface area contributed by atoms with Gasteiger partial charge in [0.2, 0.25) is 0 Å². The molecule has 1 aliphatic rings. The van der Waals surface area contributed by atoms with E-state index in [9.17, 15) is 18.0 Å². The Bertz CT molecular complexity index is 1100. The summed E-state index contributed by atoms with van der Waals surface area (Å²) < 4.78 is 38.8. The molecule has 1 N–H and O–H groups in total. The van der Waals surface area contributed by atoms with Crippen LogP contribution in [0.2, 0.25) is 0 Å². The number of amides is 1. The van der Waals surface area contributed by atoms with Crippen molar-refractivity contribution in [1.82, 2.24) is 20.5 Å². The number of halogens is 3. The van der Waals surface area contributed by atoms with Crippen LogP contribution < -0.4 is 5.32 Å². The van der Waals surface area contributed by atoms with Gasteiger partial charge in [-0.3, -0.25) is 9.78 Å². The lowest BCUT2D eigenvalue weighted by atomic mass is 9.85. The Morgan fingerprint density at radius 2 is 2.07 bits per heavy atom. The molecule has 0 aliphatic heterocycles. The Kier molecular flexibility index (Phi) is 5.48. The van der Waals surface area contributed by atoms with Gasteiger partial charge in [-0.25, -0.2) is 0 Å². The minimum Gasteiger partial charge on any atom is -0.346 e. The smallest absolute Gasteiger partial charge is 0.346 e. The third-order valence-corrected chi connectivity index (χ3v) is 5.25. The summed E-state index contributed by atoms with van der Waals surface area (Å²) in [5, 5.41) is 11.2. The molecule has 1 unspecified atom stereocenters. The number of carbonyl (C=O) groups is 1. The van der Waals surface area contributed by atoms with Gasteiger partial charge in [0.05, 0.1) is 29.2 Å². The van der Waals surface area contributed by atoms with Crippen LogP contribution in [-0.2, 0) is 6.54 Å². The van der Waals surface area contributed by atoms with Crippen molar-refractivity contribution in [2.24, 2.45) is 5.92 Å². The third-order valence-electron chi connectivity index (χ3n) is 5.25. The molecule has 4 rings (SSSR count). The molecule has 0 bridgehead atoms. The number of allylic oxidation sites excluding steroid dienone is 2. The summed E-state index contributed by atoms with van der Waals surface area (Å²) in [5.41, 5.74) is 3.41. The van der Waals surface area contributed by atoms with Crippen LogP contribution in [-0.4, -0.2) is 27.3 Å². The number of hydrogen-bond acceptors (Lipinski definition) is 4. The highest BCUT2D eigenvalue weighted by Crippen LogP contribution is 2.40. The predicted octanol–water partition coefficient (Wildman–Crippen LogP) is 4.70. The summed E-state index contributed by atoms with van der Waals surface area (Å²) in [7, 11) is 0. The van der Waals surface area contributed by atoms with E-state index in [-0.39, 0.29) is 25.3 Å². The lowest BCUT2D eigenvalue weighted by Crippen LogP contribution is -2.24. The third kappa shape index (κ3) is 4.32. The number of alkyl halides is 3. The molecule has 0 radical (unpaired) electrons. The normalized spacial score (nSPS) is 16.9. The standard InChI is InChI=1S/C22H19F3N4O/c23-22(24,25)17-8-6-14(7-9-17)19-5-1-3-15-11-16(12-26-20(15)19)21(30)27-13-18-4-2-10-28-29-18/h1-6,10-12,17H,7-9,13H2,(H,27,30). The summed E-state index contributed by atoms with van der Waals surface area (Å²) in [5.74, 6) is -1.57. The quantitative estimate of drug-likeness (QED) is 0.675. The molecule has 8 heteroatoms. The minimum atomic E-state index is -4.16. The number of aromatic nitrogens is 3. The fourth-order valence-corrected chi connectivity index (χ4v) is 3.62. The lowest BCUT2D eigenvalue weighted by molar-refractivity contribution is -0.175. The van der Waals surface area contributed by atoms with Gasteiger partial charge in [-0.15, -0.1) is 0 Å². The Balaban J connectivity index is 1.54. The summed E-state index contributed by atoms with van der Waals surface area (Å²) in [6.07, 6.45) is 0.963. The second kappa shape index (κ2) is 8.22. The van der Waals surface area contributed by atoms with Gasteiger partial charge in [0, 0.05) is 23.3 Å². The Morgan fingerprint density at radius 1 is 1.20 bits per heavy atom. The molecule has 2 aromatic heterocycles. The zero-order valence-electron chi connectivity index (χ0n) is 16.0. The number of para-hydroxylation sites is 1. The number of nitrogens with zero attached hydrogens (tertiary/aromatic N) is 3. The van der Waals surface area contributed by atoms with E-state index in [1.165, 1.54) is 6.20 Å². The van der Waals surface area contributed by atoms with E-state index in [0.29, 0.717) is 23.2 Å². The van der Waals surface area contributed by atoms with Gasteiger partial charge in [-0.1, -0.05) is 24.3 Å². The molecule has 1 aromatic carbocycles. The summed E-state index contributed by atoms with van der Waals surface area (Å²) >= 11 is 0. The molecule has 154 valence electrons. The van der Waals surface area contributed by atoms with E-state index in [1.807, 2.05) is 18.2 Å². The van der Waals surface area contributed by atoms with Crippen molar-refractivity contribution in [3.63, 3.8) is 0 Å². The van der Waals surface area contributed by atoms with Crippen LogP contribution >= 0.6 is 0 Å². The van der Waals surface area contributed by atoms with E-state index < -0.39 is 12.1 Å². The molecule has 30 heavy (non-hydrogen) atoms. The molecule has 1 aliphatic carbocycles. The Hall–Kier alpha value is -3.29. The highest BCUT2D eigenvalue weighted by Gasteiger charge is 2.39. The van der Waals surface area contributed by atoms with E-state index >= 15 is 0 Å². The second-order valence-electron chi connectivity index (χ2n) is 7.24. The fraction of sp³-hybridized carbons (Fsp3) is 0.273. The maximum Gasteiger partial charge on any atom is 0.392 e. The van der Waals surface area contributed by atoms with Gasteiger partial charge in [-0.2, -0.15) is 23.4 Å². The van der Waals surface area contributed by atoms with Crippen LogP contribution in [0, 0.1) is 5.92 Å². The molecular formula is C22H19F3N4O. The van der Waals surface area contributed by atoms with Crippen LogP contribution in [0.5, 0.6) is 0 Å². The largest absolute Gasteiger partial charge is 0.392 e. The number of pyridine rings is 1. The lowest BCUT2D eigenvalue weighted by Gasteiger charge is -2.24. The zero-order chi connectivity index (χ0) is 21.1. The van der Waals surface area contributed by atoms with E-state index in [0.717, 1.165) is 16.5 Å². The first-order valence-electron chi connectivity index (χ1n) is 9.61. The molecule has 0 spiro atoms. The van der Waals surface area contributed by atoms with Gasteiger partial charge in [0.1, 0.15) is 0 Å². The van der Waals surface area contributed by atoms with Crippen molar-refractivity contribution >= 4 is 22.4 Å². The average Bonchev–Trinajstić information content (AvgIpc) is 2.77. The maximum atomic E-state index is 12.9. The molecule has 3 aromatic rings. The van der Waals surface area contributed by atoms with Crippen molar-refractivity contribution in [3.8, 4) is 0 Å². The van der Waals surface area contributed by atoms with Crippen molar-refractivity contribution < 1.29 is 18.0 Å². The first-order chi connectivity index (χ1) is 14.4. The molecule has 5 nitrogen and oxygen atoms in total. The predicted molar refractivity (Wildman–Crippen MR) is 106 cm³/mol. The number of benzene rings is 1. The van der Waals surface area contributed by atoms with Gasteiger partial charge >= 0.3 is 6.18 Å². The van der Waals surface area contributed by atoms with Gasteiger partial charge in [0.15, 0.2) is 0 Å². The van der Waals surface area contributed by atoms with E-state index in [4.69, 9.17) is 0 Å². The van der Waals surface area contributed by atoms with Crippen LogP contribution in [0.25, 0.3) is 16.5 Å². The highest BCUT2D eigenvalue weighted by molar-refractivity contribution is 5.99. The fourth-order valence-electron chi connectivity index (χ4n) is 3.62. The SMILES string of the molecule is O=C(NCc1cccnn1)c1cnc2c(C3=CCC(C(F)(F)F)CC3)cccc2c1. The first-order valence-corrected chi connectivity index (χ1v) is 9.61. The molecule has 2 heterocycles. The van der Waals surface area contributed by atoms with E-state index in [1.54, 1.807) is 30.5 Å². The Labute approximate surface area is 171 Å². The first kappa shape index (κ1) is 20.0. The molecular weight excluding hydrogens is 393 g/mol. The van der Waals surface area contributed by atoms with E-state index in [2.05, 4.69) is 20.5 Å². The van der Waals surface area contributed by atoms with Crippen LogP contribution in [0.15, 0.2) is 54.9 Å². The average molecular weight is 412 g/mol. The number of carbonyl (C=O) groups excluding carboxylic acids is 1. The number of nitrogens with one attached hydrogen (secondary N) is 1. The molecule has 1 atom stereocenters. The topological polar surface area (TPSA) is 67.8 Å². The zero-order valence-corrected chi connectivity index (χ0v) is 16.0. The van der Waals surface area contributed by atoms with Crippen molar-refractivity contribution in [2.45, 2.75) is 32.0 Å². The summed E-state index contributed by atoms with van der Waals surface area (Å²) in [6, 6.07) is 10.8. The molecule has 1 amide bonds. The number of fused-ring (bicyclic) bond motifs is 1. The van der Waals surface area contributed by atoms with Gasteiger partial charge in [0.25, 0.3) is 5.91 Å². The molecule has 0 saturated carbocycles. The van der Waals surface area contributed by atoms with Gasteiger partial charge < -0.3 is 5.32 Å². The summed E-state index contributed by atoms with van der Waals surface area (Å²) in [4.78, 5) is 16.9. The maximum absolute atomic E-state index is 12.9. The van der Waals surface area contributed by atoms with Gasteiger partial charge in [-0.05, 0) is 43.0 Å². The Morgan fingerprint density at radius 3 is 2.77 bits per heavy atom. The highest BCUT2D eigenvalue weighted by atomic mass is 19.4. The summed E-state index contributed by atoms with van der Waals surface area (Å²) in [6.45, 7) is 0.248.